The van der Waals surface area contributed by atoms with Crippen LogP contribution in [0, 0.1) is 0 Å². The van der Waals surface area contributed by atoms with Crippen LogP contribution in [0.5, 0.6) is 0 Å². The summed E-state index contributed by atoms with van der Waals surface area (Å²) in [6, 6.07) is 0.309. The van der Waals surface area contributed by atoms with E-state index in [1.54, 1.807) is 0 Å². The Morgan fingerprint density at radius 3 is 2.69 bits per heavy atom. The van der Waals surface area contributed by atoms with Crippen molar-refractivity contribution in [2.75, 3.05) is 13.7 Å². The highest BCUT2D eigenvalue weighted by molar-refractivity contribution is 5.76. The number of ether oxygens (including phenoxy) is 1. The number of esters is 1. The van der Waals surface area contributed by atoms with Crippen LogP contribution in [0.1, 0.15) is 20.3 Å². The van der Waals surface area contributed by atoms with E-state index in [0.717, 1.165) is 6.54 Å². The van der Waals surface area contributed by atoms with Gasteiger partial charge in [-0.3, -0.25) is 9.69 Å². The molecule has 4 heteroatoms. The van der Waals surface area contributed by atoms with Gasteiger partial charge in [-0.15, -0.1) is 0 Å². The first kappa shape index (κ1) is 10.5. The van der Waals surface area contributed by atoms with Crippen molar-refractivity contribution in [3.05, 3.63) is 0 Å². The SMILES string of the molecule is COC(=O)[C@@H]1C[C@@H](N)CN1C(C)C. The molecule has 1 rings (SSSR count). The highest BCUT2D eigenvalue weighted by Crippen LogP contribution is 2.20. The lowest BCUT2D eigenvalue weighted by molar-refractivity contribution is -0.146. The van der Waals surface area contributed by atoms with Crippen molar-refractivity contribution in [2.45, 2.75) is 38.4 Å². The van der Waals surface area contributed by atoms with Crippen molar-refractivity contribution in [3.8, 4) is 0 Å². The third kappa shape index (κ3) is 2.19. The zero-order valence-corrected chi connectivity index (χ0v) is 8.49. The monoisotopic (exact) mass is 186 g/mol. The van der Waals surface area contributed by atoms with Crippen molar-refractivity contribution in [1.82, 2.24) is 4.90 Å². The fraction of sp³-hybridized carbons (Fsp3) is 0.889. The number of carbonyl (C=O) groups is 1. The molecule has 1 aliphatic heterocycles. The second kappa shape index (κ2) is 4.07. The van der Waals surface area contributed by atoms with Gasteiger partial charge in [-0.1, -0.05) is 0 Å². The van der Waals surface area contributed by atoms with Gasteiger partial charge in [0.25, 0.3) is 0 Å². The van der Waals surface area contributed by atoms with Crippen molar-refractivity contribution < 1.29 is 9.53 Å². The normalized spacial score (nSPS) is 29.6. The van der Waals surface area contributed by atoms with Crippen molar-refractivity contribution in [3.63, 3.8) is 0 Å². The molecule has 0 unspecified atom stereocenters. The fourth-order valence-corrected chi connectivity index (χ4v) is 1.83. The van der Waals surface area contributed by atoms with Gasteiger partial charge in [0.1, 0.15) is 6.04 Å². The molecule has 2 atom stereocenters. The topological polar surface area (TPSA) is 55.6 Å². The average Bonchev–Trinajstić information content (AvgIpc) is 2.46. The summed E-state index contributed by atoms with van der Waals surface area (Å²) in [4.78, 5) is 13.4. The molecule has 1 heterocycles. The lowest BCUT2D eigenvalue weighted by atomic mass is 10.2. The second-order valence-corrected chi connectivity index (χ2v) is 3.83. The molecule has 13 heavy (non-hydrogen) atoms. The smallest absolute Gasteiger partial charge is 0.323 e. The molecule has 0 aliphatic carbocycles. The highest BCUT2D eigenvalue weighted by atomic mass is 16.5. The van der Waals surface area contributed by atoms with Crippen LogP contribution in [0.3, 0.4) is 0 Å². The Morgan fingerprint density at radius 2 is 2.23 bits per heavy atom. The van der Waals surface area contributed by atoms with Crippen LogP contribution in [0.25, 0.3) is 0 Å². The van der Waals surface area contributed by atoms with Gasteiger partial charge in [-0.25, -0.2) is 0 Å². The Morgan fingerprint density at radius 1 is 1.62 bits per heavy atom. The minimum Gasteiger partial charge on any atom is -0.468 e. The average molecular weight is 186 g/mol. The van der Waals surface area contributed by atoms with E-state index >= 15 is 0 Å². The lowest BCUT2D eigenvalue weighted by Crippen LogP contribution is -2.41. The summed E-state index contributed by atoms with van der Waals surface area (Å²) in [7, 11) is 1.42. The van der Waals surface area contributed by atoms with Gasteiger partial charge < -0.3 is 10.5 Å². The van der Waals surface area contributed by atoms with Crippen LogP contribution >= 0.6 is 0 Å². The summed E-state index contributed by atoms with van der Waals surface area (Å²) in [5.41, 5.74) is 5.80. The van der Waals surface area contributed by atoms with E-state index in [0.29, 0.717) is 12.5 Å². The van der Waals surface area contributed by atoms with Gasteiger partial charge in [0.15, 0.2) is 0 Å². The molecule has 0 saturated carbocycles. The van der Waals surface area contributed by atoms with Crippen LogP contribution in [0.2, 0.25) is 0 Å². The first-order valence-corrected chi connectivity index (χ1v) is 4.65. The maximum absolute atomic E-state index is 11.4. The van der Waals surface area contributed by atoms with Crippen LogP contribution < -0.4 is 5.73 Å². The number of likely N-dealkylation sites (tertiary alicyclic amines) is 1. The number of nitrogens with zero attached hydrogens (tertiary/aromatic N) is 1. The molecule has 1 saturated heterocycles. The number of hydrogen-bond acceptors (Lipinski definition) is 4. The molecule has 0 aromatic heterocycles. The first-order valence-electron chi connectivity index (χ1n) is 4.65. The maximum atomic E-state index is 11.4. The van der Waals surface area contributed by atoms with E-state index in [4.69, 9.17) is 10.5 Å². The van der Waals surface area contributed by atoms with Crippen molar-refractivity contribution >= 4 is 5.97 Å². The van der Waals surface area contributed by atoms with E-state index in [2.05, 4.69) is 18.7 Å². The largest absolute Gasteiger partial charge is 0.468 e. The summed E-state index contributed by atoms with van der Waals surface area (Å²) in [6.07, 6.45) is 0.713. The van der Waals surface area contributed by atoms with E-state index in [1.807, 2.05) is 0 Å². The summed E-state index contributed by atoms with van der Waals surface area (Å²) in [5, 5.41) is 0. The minimum absolute atomic E-state index is 0.103. The molecule has 76 valence electrons. The van der Waals surface area contributed by atoms with E-state index in [9.17, 15) is 4.79 Å². The molecule has 0 radical (unpaired) electrons. The summed E-state index contributed by atoms with van der Waals surface area (Å²) < 4.78 is 4.73. The number of rotatable bonds is 2. The van der Waals surface area contributed by atoms with Crippen LogP contribution in [0.4, 0.5) is 0 Å². The molecule has 0 spiro atoms. The Hall–Kier alpha value is -0.610. The molecular formula is C9H18N2O2. The van der Waals surface area contributed by atoms with Crippen LogP contribution in [-0.2, 0) is 9.53 Å². The van der Waals surface area contributed by atoms with Gasteiger partial charge in [0.2, 0.25) is 0 Å². The maximum Gasteiger partial charge on any atom is 0.323 e. The molecule has 0 bridgehead atoms. The van der Waals surface area contributed by atoms with Crippen molar-refractivity contribution in [1.29, 1.82) is 0 Å². The molecule has 4 nitrogen and oxygen atoms in total. The minimum atomic E-state index is -0.165. The quantitative estimate of drug-likeness (QED) is 0.615. The van der Waals surface area contributed by atoms with Crippen LogP contribution in [-0.4, -0.2) is 42.6 Å². The molecule has 0 aromatic carbocycles. The zero-order valence-electron chi connectivity index (χ0n) is 8.49. The highest BCUT2D eigenvalue weighted by Gasteiger charge is 2.36. The molecule has 1 fully saturated rings. The third-order valence-electron chi connectivity index (χ3n) is 2.51. The van der Waals surface area contributed by atoms with Gasteiger partial charge in [0.05, 0.1) is 7.11 Å². The first-order chi connectivity index (χ1) is 6.06. The van der Waals surface area contributed by atoms with E-state index in [-0.39, 0.29) is 18.1 Å². The van der Waals surface area contributed by atoms with Crippen molar-refractivity contribution in [2.24, 2.45) is 5.73 Å². The number of methoxy groups -OCH3 is 1. The Kier molecular flexibility index (Phi) is 3.27. The predicted molar refractivity (Wildman–Crippen MR) is 50.2 cm³/mol. The fourth-order valence-electron chi connectivity index (χ4n) is 1.83. The van der Waals surface area contributed by atoms with E-state index in [1.165, 1.54) is 7.11 Å². The van der Waals surface area contributed by atoms with Gasteiger partial charge in [-0.05, 0) is 20.3 Å². The Labute approximate surface area is 79.0 Å². The Balaban J connectivity index is 2.66. The van der Waals surface area contributed by atoms with E-state index < -0.39 is 0 Å². The lowest BCUT2D eigenvalue weighted by Gasteiger charge is -2.25. The number of nitrogens with two attached hydrogens (primary N) is 1. The summed E-state index contributed by atoms with van der Waals surface area (Å²) >= 11 is 0. The molecule has 0 amide bonds. The molecule has 0 aromatic rings. The molecular weight excluding hydrogens is 168 g/mol. The summed E-state index contributed by atoms with van der Waals surface area (Å²) in [5.74, 6) is -0.165. The zero-order chi connectivity index (χ0) is 10.0. The predicted octanol–water partition coefficient (Wildman–Crippen LogP) is -0.0306. The second-order valence-electron chi connectivity index (χ2n) is 3.83. The summed E-state index contributed by atoms with van der Waals surface area (Å²) in [6.45, 7) is 4.92. The standard InChI is InChI=1S/C9H18N2O2/c1-6(2)11-5-7(10)4-8(11)9(12)13-3/h6-8H,4-5,10H2,1-3H3/t7-,8+/m1/s1. The number of carbonyl (C=O) groups excluding carboxylic acids is 1. The third-order valence-corrected chi connectivity index (χ3v) is 2.51. The van der Waals surface area contributed by atoms with Gasteiger partial charge in [0, 0.05) is 18.6 Å². The van der Waals surface area contributed by atoms with Gasteiger partial charge in [-0.2, -0.15) is 0 Å². The molecule has 2 N–H and O–H groups in total. The van der Waals surface area contributed by atoms with Gasteiger partial charge >= 0.3 is 5.97 Å². The number of hydrogen-bond donors (Lipinski definition) is 1. The van der Waals surface area contributed by atoms with Crippen LogP contribution in [0.15, 0.2) is 0 Å². The Bertz CT molecular complexity index is 194. The molecule has 1 aliphatic rings.